The van der Waals surface area contributed by atoms with E-state index in [0.29, 0.717) is 5.41 Å². The second-order valence-corrected chi connectivity index (χ2v) is 6.52. The monoisotopic (exact) mass is 256 g/mol. The lowest BCUT2D eigenvalue weighted by atomic mass is 9.90. The number of likely N-dealkylation sites (tertiary alicyclic amines) is 1. The summed E-state index contributed by atoms with van der Waals surface area (Å²) in [6.45, 7) is 13.9. The average molecular weight is 256 g/mol. The lowest BCUT2D eigenvalue weighted by Gasteiger charge is -2.37. The van der Waals surface area contributed by atoms with Crippen molar-refractivity contribution in [2.45, 2.75) is 40.0 Å². The summed E-state index contributed by atoms with van der Waals surface area (Å²) < 4.78 is 5.25. The van der Waals surface area contributed by atoms with Gasteiger partial charge < -0.3 is 15.0 Å². The maximum atomic E-state index is 5.25. The van der Waals surface area contributed by atoms with Crippen molar-refractivity contribution >= 4 is 0 Å². The first kappa shape index (κ1) is 15.9. The molecule has 0 aromatic heterocycles. The fourth-order valence-corrected chi connectivity index (χ4v) is 2.81. The molecule has 1 heterocycles. The highest BCUT2D eigenvalue weighted by Crippen LogP contribution is 2.22. The van der Waals surface area contributed by atoms with Crippen LogP contribution in [0.25, 0.3) is 0 Å². The van der Waals surface area contributed by atoms with Gasteiger partial charge in [-0.25, -0.2) is 0 Å². The molecule has 1 aliphatic rings. The SMILES string of the molecule is CCCNCC(C)(C)CN1CCC(COC)CC1. The Bertz CT molecular complexity index is 211. The highest BCUT2D eigenvalue weighted by atomic mass is 16.5. The van der Waals surface area contributed by atoms with Gasteiger partial charge in [0.05, 0.1) is 0 Å². The Kier molecular flexibility index (Phi) is 7.20. The minimum absolute atomic E-state index is 0.378. The lowest BCUT2D eigenvalue weighted by Crippen LogP contribution is -2.44. The largest absolute Gasteiger partial charge is 0.384 e. The number of rotatable bonds is 8. The molecular formula is C15H32N2O. The van der Waals surface area contributed by atoms with E-state index >= 15 is 0 Å². The maximum Gasteiger partial charge on any atom is 0.0491 e. The Morgan fingerprint density at radius 3 is 2.50 bits per heavy atom. The molecule has 0 unspecified atom stereocenters. The summed E-state index contributed by atoms with van der Waals surface area (Å²) in [5.74, 6) is 0.785. The minimum Gasteiger partial charge on any atom is -0.384 e. The average Bonchev–Trinajstić information content (AvgIpc) is 2.32. The molecule has 0 spiro atoms. The van der Waals surface area contributed by atoms with Gasteiger partial charge in [0.2, 0.25) is 0 Å². The Balaban J connectivity index is 2.22. The number of hydrogen-bond acceptors (Lipinski definition) is 3. The molecule has 1 rings (SSSR count). The second-order valence-electron chi connectivity index (χ2n) is 6.52. The summed E-state index contributed by atoms with van der Waals surface area (Å²) in [6, 6.07) is 0. The first-order chi connectivity index (χ1) is 8.57. The Hall–Kier alpha value is -0.120. The van der Waals surface area contributed by atoms with Crippen LogP contribution in [0.4, 0.5) is 0 Å². The summed E-state index contributed by atoms with van der Waals surface area (Å²) in [5, 5.41) is 3.55. The summed E-state index contributed by atoms with van der Waals surface area (Å²) in [6.07, 6.45) is 3.82. The van der Waals surface area contributed by atoms with Crippen molar-refractivity contribution in [1.82, 2.24) is 10.2 Å². The van der Waals surface area contributed by atoms with Gasteiger partial charge in [0.1, 0.15) is 0 Å². The first-order valence-electron chi connectivity index (χ1n) is 7.49. The molecule has 0 aromatic rings. The highest BCUT2D eigenvalue weighted by molar-refractivity contribution is 4.80. The van der Waals surface area contributed by atoms with Crippen molar-refractivity contribution in [3.63, 3.8) is 0 Å². The number of ether oxygens (including phenoxy) is 1. The van der Waals surface area contributed by atoms with Gasteiger partial charge in [0.15, 0.2) is 0 Å². The molecule has 0 saturated carbocycles. The van der Waals surface area contributed by atoms with Crippen LogP contribution in [0.3, 0.4) is 0 Å². The topological polar surface area (TPSA) is 24.5 Å². The Labute approximate surface area is 113 Å². The van der Waals surface area contributed by atoms with E-state index in [1.54, 1.807) is 0 Å². The van der Waals surface area contributed by atoms with E-state index in [4.69, 9.17) is 4.74 Å². The van der Waals surface area contributed by atoms with Gasteiger partial charge in [-0.15, -0.1) is 0 Å². The Morgan fingerprint density at radius 2 is 1.94 bits per heavy atom. The van der Waals surface area contributed by atoms with Crippen LogP contribution in [0.1, 0.15) is 40.0 Å². The predicted molar refractivity (Wildman–Crippen MR) is 78.0 cm³/mol. The van der Waals surface area contributed by atoms with Crippen molar-refractivity contribution in [3.8, 4) is 0 Å². The van der Waals surface area contributed by atoms with Gasteiger partial charge in [0, 0.05) is 26.8 Å². The van der Waals surface area contributed by atoms with Crippen molar-refractivity contribution in [3.05, 3.63) is 0 Å². The zero-order chi connectivity index (χ0) is 13.4. The quantitative estimate of drug-likeness (QED) is 0.675. The van der Waals surface area contributed by atoms with E-state index in [-0.39, 0.29) is 0 Å². The molecule has 0 atom stereocenters. The Morgan fingerprint density at radius 1 is 1.28 bits per heavy atom. The van der Waals surface area contributed by atoms with Gasteiger partial charge in [-0.05, 0) is 50.2 Å². The van der Waals surface area contributed by atoms with Gasteiger partial charge in [0.25, 0.3) is 0 Å². The van der Waals surface area contributed by atoms with Crippen molar-refractivity contribution < 1.29 is 4.74 Å². The molecule has 0 aromatic carbocycles. The van der Waals surface area contributed by atoms with Gasteiger partial charge in [-0.1, -0.05) is 20.8 Å². The molecule has 18 heavy (non-hydrogen) atoms. The van der Waals surface area contributed by atoms with Crippen LogP contribution in [0.2, 0.25) is 0 Å². The van der Waals surface area contributed by atoms with Crippen LogP contribution in [0, 0.1) is 11.3 Å². The summed E-state index contributed by atoms with van der Waals surface area (Å²) in [7, 11) is 1.81. The molecule has 1 fully saturated rings. The highest BCUT2D eigenvalue weighted by Gasteiger charge is 2.25. The van der Waals surface area contributed by atoms with Crippen molar-refractivity contribution in [2.75, 3.05) is 46.4 Å². The lowest BCUT2D eigenvalue weighted by molar-refractivity contribution is 0.0810. The molecule has 0 aliphatic carbocycles. The zero-order valence-corrected chi connectivity index (χ0v) is 12.8. The van der Waals surface area contributed by atoms with Gasteiger partial charge in [-0.2, -0.15) is 0 Å². The van der Waals surface area contributed by atoms with Crippen molar-refractivity contribution in [1.29, 1.82) is 0 Å². The maximum absolute atomic E-state index is 5.25. The molecule has 1 saturated heterocycles. The van der Waals surface area contributed by atoms with Crippen LogP contribution in [0.15, 0.2) is 0 Å². The van der Waals surface area contributed by atoms with Crippen LogP contribution in [-0.2, 0) is 4.74 Å². The van der Waals surface area contributed by atoms with E-state index in [1.807, 2.05) is 7.11 Å². The smallest absolute Gasteiger partial charge is 0.0491 e. The molecule has 1 aliphatic heterocycles. The molecule has 3 heteroatoms. The normalized spacial score (nSPS) is 19.3. The number of piperidine rings is 1. The van der Waals surface area contributed by atoms with Crippen LogP contribution >= 0.6 is 0 Å². The van der Waals surface area contributed by atoms with E-state index in [9.17, 15) is 0 Å². The van der Waals surface area contributed by atoms with Crippen LogP contribution in [0.5, 0.6) is 0 Å². The standard InChI is InChI=1S/C15H32N2O/c1-5-8-16-12-15(2,3)13-17-9-6-14(7-10-17)11-18-4/h14,16H,5-13H2,1-4H3. The number of hydrogen-bond donors (Lipinski definition) is 1. The molecule has 108 valence electrons. The summed E-state index contributed by atoms with van der Waals surface area (Å²) >= 11 is 0. The van der Waals surface area contributed by atoms with E-state index in [1.165, 1.54) is 38.9 Å². The third-order valence-electron chi connectivity index (χ3n) is 3.79. The second kappa shape index (κ2) is 8.13. The van der Waals surface area contributed by atoms with Crippen molar-refractivity contribution in [2.24, 2.45) is 11.3 Å². The van der Waals surface area contributed by atoms with E-state index in [0.717, 1.165) is 25.6 Å². The third-order valence-corrected chi connectivity index (χ3v) is 3.79. The number of methoxy groups -OCH3 is 1. The van der Waals surface area contributed by atoms with Gasteiger partial charge in [-0.3, -0.25) is 0 Å². The molecule has 0 radical (unpaired) electrons. The number of nitrogens with one attached hydrogen (secondary N) is 1. The molecule has 3 nitrogen and oxygen atoms in total. The summed E-state index contributed by atoms with van der Waals surface area (Å²) in [4.78, 5) is 2.62. The third kappa shape index (κ3) is 6.17. The van der Waals surface area contributed by atoms with Crippen LogP contribution in [-0.4, -0.2) is 51.3 Å². The van der Waals surface area contributed by atoms with Gasteiger partial charge >= 0.3 is 0 Å². The van der Waals surface area contributed by atoms with Crippen LogP contribution < -0.4 is 5.32 Å². The molecule has 0 bridgehead atoms. The fourth-order valence-electron chi connectivity index (χ4n) is 2.81. The van der Waals surface area contributed by atoms with E-state index < -0.39 is 0 Å². The first-order valence-corrected chi connectivity index (χ1v) is 7.49. The minimum atomic E-state index is 0.378. The summed E-state index contributed by atoms with van der Waals surface area (Å²) in [5.41, 5.74) is 0.378. The fraction of sp³-hybridized carbons (Fsp3) is 1.00. The number of nitrogens with zero attached hydrogens (tertiary/aromatic N) is 1. The molecule has 1 N–H and O–H groups in total. The van der Waals surface area contributed by atoms with E-state index in [2.05, 4.69) is 31.0 Å². The molecule has 0 amide bonds. The zero-order valence-electron chi connectivity index (χ0n) is 12.8. The molecular weight excluding hydrogens is 224 g/mol. The predicted octanol–water partition coefficient (Wildman–Crippen LogP) is 2.37.